The largest absolute Gasteiger partial charge is 0.328 e. The van der Waals surface area contributed by atoms with Crippen molar-refractivity contribution in [2.45, 2.75) is 36.0 Å². The van der Waals surface area contributed by atoms with Crippen LogP contribution < -0.4 is 5.73 Å². The highest BCUT2D eigenvalue weighted by Crippen LogP contribution is 2.37. The molecule has 16 heavy (non-hydrogen) atoms. The summed E-state index contributed by atoms with van der Waals surface area (Å²) in [6.07, 6.45) is 1.09. The van der Waals surface area contributed by atoms with Crippen LogP contribution in [0.2, 0.25) is 0 Å². The van der Waals surface area contributed by atoms with Gasteiger partial charge in [0.25, 0.3) is 0 Å². The van der Waals surface area contributed by atoms with Gasteiger partial charge in [-0.25, -0.2) is 8.42 Å². The molecule has 1 aliphatic heterocycles. The summed E-state index contributed by atoms with van der Waals surface area (Å²) in [7, 11) is -3.17. The van der Waals surface area contributed by atoms with Crippen LogP contribution in [0.15, 0.2) is 27.6 Å². The van der Waals surface area contributed by atoms with E-state index in [9.17, 15) is 8.42 Å². The zero-order valence-electron chi connectivity index (χ0n) is 8.98. The summed E-state index contributed by atoms with van der Waals surface area (Å²) >= 11 is 3.40. The van der Waals surface area contributed by atoms with Gasteiger partial charge < -0.3 is 5.73 Å². The van der Waals surface area contributed by atoms with Crippen LogP contribution in [0.5, 0.6) is 0 Å². The summed E-state index contributed by atoms with van der Waals surface area (Å²) in [5.74, 6) is 0. The van der Waals surface area contributed by atoms with Crippen molar-refractivity contribution >= 4 is 25.8 Å². The molecule has 0 bridgehead atoms. The Kier molecular flexibility index (Phi) is 3.11. The van der Waals surface area contributed by atoms with Crippen molar-refractivity contribution in [3.63, 3.8) is 0 Å². The van der Waals surface area contributed by atoms with Gasteiger partial charge in [0.2, 0.25) is 0 Å². The highest BCUT2D eigenvalue weighted by molar-refractivity contribution is 9.10. The third-order valence-corrected chi connectivity index (χ3v) is 5.86. The maximum Gasteiger partial charge on any atom is 0.181 e. The average molecular weight is 304 g/mol. The number of hydrogen-bond acceptors (Lipinski definition) is 3. The molecule has 5 heteroatoms. The molecule has 0 aliphatic carbocycles. The molecule has 2 unspecified atom stereocenters. The van der Waals surface area contributed by atoms with Crippen molar-refractivity contribution in [3.8, 4) is 0 Å². The second-order valence-corrected chi connectivity index (χ2v) is 7.35. The molecular weight excluding hydrogens is 290 g/mol. The number of nitrogens with two attached hydrogens (primary N) is 1. The molecule has 2 N–H and O–H groups in total. The standard InChI is InChI=1S/C11H14BrNO2S/c1-7(13)5-8-6-9-10(12)3-2-4-11(9)16(8,14)15/h2-4,7-8H,5-6,13H2,1H3. The minimum atomic E-state index is -3.17. The Morgan fingerprint density at radius 3 is 2.81 bits per heavy atom. The minimum Gasteiger partial charge on any atom is -0.328 e. The smallest absolute Gasteiger partial charge is 0.181 e. The molecule has 0 aromatic heterocycles. The lowest BCUT2D eigenvalue weighted by Crippen LogP contribution is -2.27. The predicted molar refractivity (Wildman–Crippen MR) is 67.1 cm³/mol. The minimum absolute atomic E-state index is 0.0899. The van der Waals surface area contributed by atoms with E-state index in [1.807, 2.05) is 13.0 Å². The monoisotopic (exact) mass is 303 g/mol. The van der Waals surface area contributed by atoms with E-state index in [-0.39, 0.29) is 11.3 Å². The molecule has 0 saturated carbocycles. The Balaban J connectivity index is 2.46. The van der Waals surface area contributed by atoms with E-state index in [1.165, 1.54) is 0 Å². The van der Waals surface area contributed by atoms with Crippen LogP contribution in [-0.4, -0.2) is 19.7 Å². The molecule has 1 heterocycles. The van der Waals surface area contributed by atoms with Crippen LogP contribution in [0.3, 0.4) is 0 Å². The van der Waals surface area contributed by atoms with E-state index in [4.69, 9.17) is 5.73 Å². The third kappa shape index (κ3) is 1.92. The fraction of sp³-hybridized carbons (Fsp3) is 0.455. The summed E-state index contributed by atoms with van der Waals surface area (Å²) in [6.45, 7) is 1.84. The Hall–Kier alpha value is -0.390. The molecule has 0 saturated heterocycles. The highest BCUT2D eigenvalue weighted by atomic mass is 79.9. The lowest BCUT2D eigenvalue weighted by Gasteiger charge is -2.11. The Morgan fingerprint density at radius 2 is 2.25 bits per heavy atom. The first-order valence-electron chi connectivity index (χ1n) is 5.20. The maximum absolute atomic E-state index is 12.2. The van der Waals surface area contributed by atoms with Gasteiger partial charge in [-0.2, -0.15) is 0 Å². The van der Waals surface area contributed by atoms with E-state index < -0.39 is 9.84 Å². The molecular formula is C11H14BrNO2S. The number of halogens is 1. The van der Waals surface area contributed by atoms with Crippen LogP contribution in [0.25, 0.3) is 0 Å². The molecule has 0 amide bonds. The first-order valence-corrected chi connectivity index (χ1v) is 7.53. The van der Waals surface area contributed by atoms with E-state index in [0.29, 0.717) is 17.7 Å². The molecule has 3 nitrogen and oxygen atoms in total. The van der Waals surface area contributed by atoms with Crippen LogP contribution >= 0.6 is 15.9 Å². The third-order valence-electron chi connectivity index (χ3n) is 2.89. The van der Waals surface area contributed by atoms with Crippen LogP contribution in [0.1, 0.15) is 18.9 Å². The lowest BCUT2D eigenvalue weighted by atomic mass is 10.1. The fourth-order valence-electron chi connectivity index (χ4n) is 2.15. The number of fused-ring (bicyclic) bond motifs is 1. The van der Waals surface area contributed by atoms with Crippen molar-refractivity contribution in [1.29, 1.82) is 0 Å². The molecule has 1 aliphatic rings. The number of benzene rings is 1. The van der Waals surface area contributed by atoms with E-state index in [0.717, 1.165) is 10.0 Å². The molecule has 0 spiro atoms. The normalized spacial score (nSPS) is 24.1. The summed E-state index contributed by atoms with van der Waals surface area (Å²) in [6, 6.07) is 5.22. The SMILES string of the molecule is CC(N)CC1Cc2c(Br)cccc2S1(=O)=O. The van der Waals surface area contributed by atoms with Gasteiger partial charge in [0.1, 0.15) is 0 Å². The molecule has 2 atom stereocenters. The Morgan fingerprint density at radius 1 is 1.56 bits per heavy atom. The van der Waals surface area contributed by atoms with E-state index >= 15 is 0 Å². The molecule has 0 fully saturated rings. The van der Waals surface area contributed by atoms with Crippen LogP contribution in [-0.2, 0) is 16.3 Å². The molecule has 1 aromatic carbocycles. The van der Waals surface area contributed by atoms with Crippen molar-refractivity contribution in [1.82, 2.24) is 0 Å². The maximum atomic E-state index is 12.2. The average Bonchev–Trinajstić information content (AvgIpc) is 2.41. The van der Waals surface area contributed by atoms with Crippen molar-refractivity contribution in [2.24, 2.45) is 5.73 Å². The fourth-order valence-corrected chi connectivity index (χ4v) is 4.91. The highest BCUT2D eigenvalue weighted by Gasteiger charge is 2.37. The van der Waals surface area contributed by atoms with E-state index in [2.05, 4.69) is 15.9 Å². The zero-order chi connectivity index (χ0) is 11.9. The summed E-state index contributed by atoms with van der Waals surface area (Å²) in [4.78, 5) is 0.465. The first kappa shape index (κ1) is 12.1. The van der Waals surface area contributed by atoms with Gasteiger partial charge in [0.15, 0.2) is 9.84 Å². The van der Waals surface area contributed by atoms with Crippen molar-refractivity contribution in [2.75, 3.05) is 0 Å². The number of hydrogen-bond donors (Lipinski definition) is 1. The molecule has 2 rings (SSSR count). The van der Waals surface area contributed by atoms with E-state index in [1.54, 1.807) is 12.1 Å². The predicted octanol–water partition coefficient (Wildman–Crippen LogP) is 1.88. The van der Waals surface area contributed by atoms with Gasteiger partial charge in [-0.1, -0.05) is 22.0 Å². The van der Waals surface area contributed by atoms with Gasteiger partial charge in [-0.15, -0.1) is 0 Å². The Bertz CT molecular complexity index is 511. The van der Waals surface area contributed by atoms with Gasteiger partial charge in [-0.05, 0) is 37.5 Å². The lowest BCUT2D eigenvalue weighted by molar-refractivity contribution is 0.563. The van der Waals surface area contributed by atoms with Gasteiger partial charge >= 0.3 is 0 Å². The topological polar surface area (TPSA) is 60.2 Å². The van der Waals surface area contributed by atoms with Gasteiger partial charge in [0, 0.05) is 10.5 Å². The summed E-state index contributed by atoms with van der Waals surface area (Å²) < 4.78 is 25.3. The van der Waals surface area contributed by atoms with Crippen molar-refractivity contribution < 1.29 is 8.42 Å². The zero-order valence-corrected chi connectivity index (χ0v) is 11.4. The summed E-state index contributed by atoms with van der Waals surface area (Å²) in [5.41, 5.74) is 6.59. The molecule has 88 valence electrons. The molecule has 0 radical (unpaired) electrons. The second-order valence-electron chi connectivity index (χ2n) is 4.30. The summed E-state index contributed by atoms with van der Waals surface area (Å²) in [5, 5.41) is -0.360. The first-order chi connectivity index (χ1) is 7.43. The number of sulfone groups is 1. The van der Waals surface area contributed by atoms with Crippen LogP contribution in [0, 0.1) is 0 Å². The quantitative estimate of drug-likeness (QED) is 0.907. The van der Waals surface area contributed by atoms with Gasteiger partial charge in [0.05, 0.1) is 10.1 Å². The second kappa shape index (κ2) is 4.13. The molecule has 1 aromatic rings. The van der Waals surface area contributed by atoms with Crippen molar-refractivity contribution in [3.05, 3.63) is 28.2 Å². The number of rotatable bonds is 2. The Labute approximate surface area is 104 Å². The van der Waals surface area contributed by atoms with Crippen LogP contribution in [0.4, 0.5) is 0 Å². The van der Waals surface area contributed by atoms with Gasteiger partial charge in [-0.3, -0.25) is 0 Å².